The lowest BCUT2D eigenvalue weighted by Gasteiger charge is -2.51. The monoisotopic (exact) mass is 533 g/mol. The Morgan fingerprint density at radius 2 is 1.90 bits per heavy atom. The lowest BCUT2D eigenvalue weighted by Crippen LogP contribution is -2.50. The Labute approximate surface area is 224 Å². The minimum absolute atomic E-state index is 0.00315. The van der Waals surface area contributed by atoms with E-state index in [0.29, 0.717) is 54.1 Å². The first kappa shape index (κ1) is 25.1. The van der Waals surface area contributed by atoms with Crippen LogP contribution in [-0.4, -0.2) is 55.8 Å². The van der Waals surface area contributed by atoms with Crippen molar-refractivity contribution in [3.63, 3.8) is 0 Å². The number of benzene rings is 1. The van der Waals surface area contributed by atoms with Gasteiger partial charge in [-0.25, -0.2) is 9.97 Å². The third-order valence-electron chi connectivity index (χ3n) is 8.80. The van der Waals surface area contributed by atoms with E-state index in [1.807, 2.05) is 25.1 Å². The van der Waals surface area contributed by atoms with Gasteiger partial charge in [0.15, 0.2) is 18.1 Å². The zero-order valence-electron chi connectivity index (χ0n) is 21.9. The van der Waals surface area contributed by atoms with Crippen molar-refractivity contribution >= 4 is 40.3 Å². The molecule has 7 rings (SSSR count). The summed E-state index contributed by atoms with van der Waals surface area (Å²) in [7, 11) is 1.77. The maximum absolute atomic E-state index is 13.3. The first-order valence-corrected chi connectivity index (χ1v) is 13.2. The molecule has 0 radical (unpaired) electrons. The first-order chi connectivity index (χ1) is 18.7. The summed E-state index contributed by atoms with van der Waals surface area (Å²) in [4.78, 5) is 45.4. The summed E-state index contributed by atoms with van der Waals surface area (Å²) >= 11 is 0. The third kappa shape index (κ3) is 4.33. The van der Waals surface area contributed by atoms with E-state index >= 15 is 0 Å². The van der Waals surface area contributed by atoms with Crippen molar-refractivity contribution in [3.05, 3.63) is 35.8 Å². The predicted octanol–water partition coefficient (Wildman–Crippen LogP) is 3.02. The second kappa shape index (κ2) is 9.21. The van der Waals surface area contributed by atoms with Crippen molar-refractivity contribution in [1.29, 1.82) is 0 Å². The quantitative estimate of drug-likeness (QED) is 0.358. The Balaban J connectivity index is 1.18. The van der Waals surface area contributed by atoms with Crippen LogP contribution in [0.4, 0.5) is 11.5 Å². The van der Waals surface area contributed by atoms with Crippen LogP contribution in [0.15, 0.2) is 24.5 Å². The highest BCUT2D eigenvalue weighted by atomic mass is 16.5. The molecule has 12 nitrogen and oxygen atoms in total. The van der Waals surface area contributed by atoms with E-state index in [4.69, 9.17) is 4.74 Å². The van der Waals surface area contributed by atoms with Gasteiger partial charge in [0, 0.05) is 13.6 Å². The van der Waals surface area contributed by atoms with E-state index in [1.165, 1.54) is 6.33 Å². The van der Waals surface area contributed by atoms with Gasteiger partial charge in [-0.15, -0.1) is 0 Å². The maximum Gasteiger partial charge on any atom is 0.309 e. The number of ether oxygens (including phenoxy) is 1. The number of hydrogen-bond acceptors (Lipinski definition) is 8. The number of amides is 2. The number of carbonyl (C=O) groups excluding carboxylic acids is 2. The van der Waals surface area contributed by atoms with Gasteiger partial charge < -0.3 is 25.8 Å². The second-order valence-electron chi connectivity index (χ2n) is 11.1. The number of aryl methyl sites for hydroxylation is 1. The van der Waals surface area contributed by atoms with Crippen molar-refractivity contribution in [2.75, 3.05) is 23.8 Å². The van der Waals surface area contributed by atoms with Gasteiger partial charge in [-0.3, -0.25) is 19.1 Å². The molecule has 3 aliphatic carbocycles. The summed E-state index contributed by atoms with van der Waals surface area (Å²) in [5.74, 6) is 0.0580. The molecule has 1 aliphatic heterocycles. The highest BCUT2D eigenvalue weighted by Crippen LogP contribution is 2.56. The number of anilines is 2. The van der Waals surface area contributed by atoms with E-state index in [-0.39, 0.29) is 35.6 Å². The van der Waals surface area contributed by atoms with Crippen LogP contribution in [0.2, 0.25) is 0 Å². The molecule has 0 spiro atoms. The number of aromatic nitrogens is 4. The molecule has 39 heavy (non-hydrogen) atoms. The van der Waals surface area contributed by atoms with Crippen molar-refractivity contribution in [3.8, 4) is 5.75 Å². The first-order valence-electron chi connectivity index (χ1n) is 13.2. The fraction of sp³-hybridized carbons (Fsp3) is 0.481. The van der Waals surface area contributed by atoms with Gasteiger partial charge >= 0.3 is 5.97 Å². The number of aliphatic carboxylic acids is 1. The summed E-state index contributed by atoms with van der Waals surface area (Å²) in [5.41, 5.74) is 2.02. The largest absolute Gasteiger partial charge is 0.482 e. The van der Waals surface area contributed by atoms with Crippen molar-refractivity contribution < 1.29 is 24.2 Å². The Morgan fingerprint density at radius 1 is 1.15 bits per heavy atom. The minimum atomic E-state index is -0.690. The second-order valence-corrected chi connectivity index (χ2v) is 11.1. The fourth-order valence-electron chi connectivity index (χ4n) is 6.19. The van der Waals surface area contributed by atoms with E-state index < -0.39 is 11.4 Å². The number of fused-ring (bicyclic) bond motifs is 5. The molecular formula is C27H31N7O5. The molecule has 2 aromatic heterocycles. The van der Waals surface area contributed by atoms with Gasteiger partial charge in [-0.2, -0.15) is 5.10 Å². The van der Waals surface area contributed by atoms with E-state index in [0.717, 1.165) is 24.8 Å². The molecule has 4 aliphatic rings. The number of nitrogens with zero attached hydrogens (tertiary/aromatic N) is 4. The molecule has 204 valence electrons. The maximum atomic E-state index is 13.3. The van der Waals surface area contributed by atoms with E-state index in [9.17, 15) is 19.5 Å². The molecule has 2 amide bonds. The van der Waals surface area contributed by atoms with Gasteiger partial charge in [0.05, 0.1) is 17.1 Å². The average Bonchev–Trinajstić information content (AvgIpc) is 3.26. The van der Waals surface area contributed by atoms with Crippen LogP contribution in [0, 0.1) is 10.8 Å². The summed E-state index contributed by atoms with van der Waals surface area (Å²) < 4.78 is 7.09. The number of carboxylic acid groups (broad SMARTS) is 1. The Hall–Kier alpha value is -4.22. The molecule has 0 saturated heterocycles. The SMILES string of the molecule is CC(Nc1c2ncnc(C(=O)NCC34CCC(C(=O)O)(CC3)CC4)c2nn1C)c1ccc2c(c1)NC(=O)CO2. The zero-order valence-corrected chi connectivity index (χ0v) is 21.9. The predicted molar refractivity (Wildman–Crippen MR) is 141 cm³/mol. The molecule has 3 fully saturated rings. The highest BCUT2D eigenvalue weighted by Gasteiger charge is 2.52. The number of rotatable bonds is 7. The lowest BCUT2D eigenvalue weighted by molar-refractivity contribution is -0.158. The van der Waals surface area contributed by atoms with E-state index in [2.05, 4.69) is 31.0 Å². The molecule has 1 atom stereocenters. The van der Waals surface area contributed by atoms with Crippen LogP contribution in [0.5, 0.6) is 5.75 Å². The Bertz CT molecular complexity index is 1470. The minimum Gasteiger partial charge on any atom is -0.482 e. The van der Waals surface area contributed by atoms with Crippen molar-refractivity contribution in [1.82, 2.24) is 25.1 Å². The highest BCUT2D eigenvalue weighted by molar-refractivity contribution is 6.05. The molecule has 2 bridgehead atoms. The smallest absolute Gasteiger partial charge is 0.309 e. The van der Waals surface area contributed by atoms with Crippen LogP contribution in [0.3, 0.4) is 0 Å². The van der Waals surface area contributed by atoms with Crippen LogP contribution >= 0.6 is 0 Å². The van der Waals surface area contributed by atoms with Crippen LogP contribution in [0.1, 0.15) is 67.5 Å². The average molecular weight is 534 g/mol. The number of carbonyl (C=O) groups is 3. The zero-order chi connectivity index (χ0) is 27.4. The molecule has 3 heterocycles. The summed E-state index contributed by atoms with van der Waals surface area (Å²) in [6.07, 6.45) is 5.74. The molecule has 12 heteroatoms. The van der Waals surface area contributed by atoms with Crippen LogP contribution in [-0.2, 0) is 16.6 Å². The van der Waals surface area contributed by atoms with Crippen LogP contribution < -0.4 is 20.7 Å². The normalized spacial score (nSPS) is 24.4. The molecule has 1 aromatic carbocycles. The Morgan fingerprint density at radius 3 is 2.62 bits per heavy atom. The summed E-state index contributed by atoms with van der Waals surface area (Å²) in [5, 5.41) is 23.5. The van der Waals surface area contributed by atoms with Crippen molar-refractivity contribution in [2.45, 2.75) is 51.5 Å². The third-order valence-corrected chi connectivity index (χ3v) is 8.80. The molecule has 4 N–H and O–H groups in total. The topological polar surface area (TPSA) is 160 Å². The van der Waals surface area contributed by atoms with Gasteiger partial charge in [0.1, 0.15) is 23.1 Å². The molecular weight excluding hydrogens is 502 g/mol. The molecule has 3 saturated carbocycles. The van der Waals surface area contributed by atoms with E-state index in [1.54, 1.807) is 11.7 Å². The number of nitrogens with one attached hydrogen (secondary N) is 3. The van der Waals surface area contributed by atoms with Crippen LogP contribution in [0.25, 0.3) is 11.0 Å². The standard InChI is InChI=1S/C27H31N7O5/c1-15(16-3-4-18-17(11-16)32-19(35)12-39-18)31-23-21-20(33-34(23)2)22(30-14-29-21)24(36)28-13-26-5-8-27(9-6-26,10-7-26)25(37)38/h3-4,11,14-15,31H,5-10,12-13H2,1-2H3,(H,28,36)(H,32,35)(H,37,38). The fourth-order valence-corrected chi connectivity index (χ4v) is 6.19. The molecule has 3 aromatic rings. The van der Waals surface area contributed by atoms with Crippen molar-refractivity contribution in [2.24, 2.45) is 17.9 Å². The van der Waals surface area contributed by atoms with Gasteiger partial charge in [0.2, 0.25) is 0 Å². The number of hydrogen-bond donors (Lipinski definition) is 4. The van der Waals surface area contributed by atoms with Gasteiger partial charge in [-0.05, 0) is 68.6 Å². The lowest BCUT2D eigenvalue weighted by atomic mass is 9.53. The van der Waals surface area contributed by atoms with Gasteiger partial charge in [0.25, 0.3) is 11.8 Å². The molecule has 1 unspecified atom stereocenters. The summed E-state index contributed by atoms with van der Waals surface area (Å²) in [6.45, 7) is 2.47. The Kier molecular flexibility index (Phi) is 5.92. The summed E-state index contributed by atoms with van der Waals surface area (Å²) in [6, 6.07) is 5.45. The number of carboxylic acids is 1. The van der Waals surface area contributed by atoms with Gasteiger partial charge in [-0.1, -0.05) is 6.07 Å².